The highest BCUT2D eigenvalue weighted by atomic mass is 32.2. The maximum absolute atomic E-state index is 14.1. The second kappa shape index (κ2) is 5.96. The summed E-state index contributed by atoms with van der Waals surface area (Å²) in [6, 6.07) is 1.79. The number of benzene rings is 1. The molecule has 1 aliphatic rings. The Labute approximate surface area is 122 Å². The molecule has 0 bridgehead atoms. The molecule has 3 N–H and O–H groups in total. The summed E-state index contributed by atoms with van der Waals surface area (Å²) < 4.78 is 59.5. The van der Waals surface area contributed by atoms with Gasteiger partial charge in [-0.05, 0) is 31.9 Å². The number of nitrogens with one attached hydrogen (secondary N) is 1. The van der Waals surface area contributed by atoms with Crippen molar-refractivity contribution in [2.75, 3.05) is 13.2 Å². The van der Waals surface area contributed by atoms with Gasteiger partial charge in [0.2, 0.25) is 10.0 Å². The molecule has 0 aliphatic carbocycles. The van der Waals surface area contributed by atoms with Crippen LogP contribution in [0, 0.1) is 11.6 Å². The molecule has 1 unspecified atom stereocenters. The Morgan fingerprint density at radius 1 is 1.43 bits per heavy atom. The van der Waals surface area contributed by atoms with Crippen molar-refractivity contribution in [1.82, 2.24) is 4.72 Å². The van der Waals surface area contributed by atoms with Crippen LogP contribution in [-0.2, 0) is 21.3 Å². The third-order valence-corrected chi connectivity index (χ3v) is 5.00. The van der Waals surface area contributed by atoms with Gasteiger partial charge in [0, 0.05) is 25.3 Å². The number of nitrogens with two attached hydrogens (primary N) is 1. The van der Waals surface area contributed by atoms with Gasteiger partial charge < -0.3 is 10.5 Å². The molecule has 0 amide bonds. The number of sulfonamides is 1. The second-order valence-electron chi connectivity index (χ2n) is 5.27. The smallest absolute Gasteiger partial charge is 0.243 e. The summed E-state index contributed by atoms with van der Waals surface area (Å²) in [7, 11) is -4.09. The number of hydrogen-bond donors (Lipinski definition) is 2. The maximum Gasteiger partial charge on any atom is 0.243 e. The van der Waals surface area contributed by atoms with Crippen LogP contribution in [0.4, 0.5) is 8.78 Å². The number of hydrogen-bond acceptors (Lipinski definition) is 4. The molecule has 1 atom stereocenters. The van der Waals surface area contributed by atoms with Crippen LogP contribution in [0.2, 0.25) is 0 Å². The first-order chi connectivity index (χ1) is 9.79. The molecule has 1 heterocycles. The van der Waals surface area contributed by atoms with Gasteiger partial charge in [0.1, 0.15) is 10.7 Å². The highest BCUT2D eigenvalue weighted by molar-refractivity contribution is 7.89. The summed E-state index contributed by atoms with van der Waals surface area (Å²) >= 11 is 0. The fourth-order valence-corrected chi connectivity index (χ4v) is 3.53. The Balaban J connectivity index is 2.24. The van der Waals surface area contributed by atoms with E-state index in [9.17, 15) is 17.2 Å². The van der Waals surface area contributed by atoms with Gasteiger partial charge in [-0.2, -0.15) is 0 Å². The van der Waals surface area contributed by atoms with E-state index in [1.807, 2.05) is 0 Å². The average molecular weight is 320 g/mol. The van der Waals surface area contributed by atoms with Gasteiger partial charge in [-0.3, -0.25) is 0 Å². The van der Waals surface area contributed by atoms with Crippen LogP contribution in [0.25, 0.3) is 0 Å². The molecule has 1 aromatic rings. The highest BCUT2D eigenvalue weighted by Crippen LogP contribution is 2.25. The normalized spacial score (nSPS) is 22.7. The highest BCUT2D eigenvalue weighted by Gasteiger charge is 2.32. The van der Waals surface area contributed by atoms with Crippen molar-refractivity contribution in [2.24, 2.45) is 5.73 Å². The number of halogens is 2. The van der Waals surface area contributed by atoms with Crippen molar-refractivity contribution >= 4 is 10.0 Å². The van der Waals surface area contributed by atoms with Crippen molar-refractivity contribution in [2.45, 2.75) is 36.8 Å². The average Bonchev–Trinajstić information content (AvgIpc) is 2.84. The van der Waals surface area contributed by atoms with E-state index < -0.39 is 44.3 Å². The molecule has 21 heavy (non-hydrogen) atoms. The Hall–Kier alpha value is -1.09. The summed E-state index contributed by atoms with van der Waals surface area (Å²) in [4.78, 5) is -0.606. The van der Waals surface area contributed by atoms with Crippen molar-refractivity contribution < 1.29 is 21.9 Å². The minimum Gasteiger partial charge on any atom is -0.374 e. The predicted molar refractivity (Wildman–Crippen MR) is 73.0 cm³/mol. The third kappa shape index (κ3) is 3.39. The molecule has 0 saturated carbocycles. The van der Waals surface area contributed by atoms with E-state index in [1.54, 1.807) is 6.92 Å². The van der Waals surface area contributed by atoms with E-state index in [1.165, 1.54) is 0 Å². The van der Waals surface area contributed by atoms with Crippen molar-refractivity contribution in [3.63, 3.8) is 0 Å². The Morgan fingerprint density at radius 3 is 2.71 bits per heavy atom. The van der Waals surface area contributed by atoms with E-state index in [-0.39, 0.29) is 6.54 Å². The molecule has 0 radical (unpaired) electrons. The minimum absolute atomic E-state index is 0.0319. The van der Waals surface area contributed by atoms with Crippen LogP contribution < -0.4 is 10.5 Å². The van der Waals surface area contributed by atoms with Gasteiger partial charge in [-0.25, -0.2) is 21.9 Å². The Kier molecular flexibility index (Phi) is 4.62. The van der Waals surface area contributed by atoms with Crippen LogP contribution in [-0.4, -0.2) is 27.2 Å². The summed E-state index contributed by atoms with van der Waals surface area (Å²) in [6.45, 7) is 1.97. The predicted octanol–water partition coefficient (Wildman–Crippen LogP) is 1.27. The molecule has 5 nitrogen and oxygen atoms in total. The Morgan fingerprint density at radius 2 is 2.14 bits per heavy atom. The standard InChI is InChI=1S/C13H18F2N2O3S/c1-13(5-2-6-20-13)8-17-21(18,19)11-4-3-10(14)9(7-16)12(11)15/h3-4,17H,2,5-8,16H2,1H3. The van der Waals surface area contributed by atoms with Crippen molar-refractivity contribution in [3.05, 3.63) is 29.3 Å². The van der Waals surface area contributed by atoms with Crippen LogP contribution >= 0.6 is 0 Å². The Bertz CT molecular complexity index is 629. The van der Waals surface area contributed by atoms with Gasteiger partial charge in [0.15, 0.2) is 5.82 Å². The van der Waals surface area contributed by atoms with Crippen LogP contribution in [0.1, 0.15) is 25.3 Å². The molecule has 1 aromatic carbocycles. The monoisotopic (exact) mass is 320 g/mol. The largest absolute Gasteiger partial charge is 0.374 e. The van der Waals surface area contributed by atoms with Crippen LogP contribution in [0.15, 0.2) is 17.0 Å². The van der Waals surface area contributed by atoms with Crippen molar-refractivity contribution in [3.8, 4) is 0 Å². The third-order valence-electron chi connectivity index (χ3n) is 3.58. The molecule has 1 saturated heterocycles. The van der Waals surface area contributed by atoms with Crippen molar-refractivity contribution in [1.29, 1.82) is 0 Å². The van der Waals surface area contributed by atoms with E-state index in [4.69, 9.17) is 10.5 Å². The molecule has 118 valence electrons. The summed E-state index contributed by atoms with van der Waals surface area (Å²) in [6.07, 6.45) is 1.57. The molecular formula is C13H18F2N2O3S. The summed E-state index contributed by atoms with van der Waals surface area (Å²) in [5.41, 5.74) is 4.20. The fourth-order valence-electron chi connectivity index (χ4n) is 2.27. The van der Waals surface area contributed by atoms with E-state index in [0.717, 1.165) is 25.0 Å². The van der Waals surface area contributed by atoms with Gasteiger partial charge in [-0.1, -0.05) is 0 Å². The maximum atomic E-state index is 14.1. The quantitative estimate of drug-likeness (QED) is 0.856. The van der Waals surface area contributed by atoms with Gasteiger partial charge in [0.05, 0.1) is 5.60 Å². The van der Waals surface area contributed by atoms with E-state index in [0.29, 0.717) is 6.61 Å². The molecule has 8 heteroatoms. The van der Waals surface area contributed by atoms with Gasteiger partial charge in [0.25, 0.3) is 0 Å². The number of ether oxygens (including phenoxy) is 1. The minimum atomic E-state index is -4.09. The lowest BCUT2D eigenvalue weighted by molar-refractivity contribution is 0.0250. The number of rotatable bonds is 5. The zero-order valence-electron chi connectivity index (χ0n) is 11.7. The van der Waals surface area contributed by atoms with Gasteiger partial charge >= 0.3 is 0 Å². The fraction of sp³-hybridized carbons (Fsp3) is 0.538. The lowest BCUT2D eigenvalue weighted by Gasteiger charge is -2.23. The SMILES string of the molecule is CC1(CNS(=O)(=O)c2ccc(F)c(CN)c2F)CCCO1. The molecule has 1 fully saturated rings. The summed E-state index contributed by atoms with van der Waals surface area (Å²) in [5, 5.41) is 0. The van der Waals surface area contributed by atoms with Crippen LogP contribution in [0.3, 0.4) is 0 Å². The summed E-state index contributed by atoms with van der Waals surface area (Å²) in [5.74, 6) is -2.01. The molecule has 2 rings (SSSR count). The molecule has 0 aromatic heterocycles. The van der Waals surface area contributed by atoms with Crippen LogP contribution in [0.5, 0.6) is 0 Å². The van der Waals surface area contributed by atoms with E-state index in [2.05, 4.69) is 4.72 Å². The molecule has 1 aliphatic heterocycles. The zero-order chi connectivity index (χ0) is 15.7. The zero-order valence-corrected chi connectivity index (χ0v) is 12.5. The van der Waals surface area contributed by atoms with E-state index >= 15 is 0 Å². The second-order valence-corrected chi connectivity index (χ2v) is 7.00. The molecular weight excluding hydrogens is 302 g/mol. The molecule has 0 spiro atoms. The van der Waals surface area contributed by atoms with Gasteiger partial charge in [-0.15, -0.1) is 0 Å². The topological polar surface area (TPSA) is 81.4 Å². The first-order valence-electron chi connectivity index (χ1n) is 6.60. The lowest BCUT2D eigenvalue weighted by Crippen LogP contribution is -2.40. The lowest BCUT2D eigenvalue weighted by atomic mass is 10.0. The first kappa shape index (κ1) is 16.3. The first-order valence-corrected chi connectivity index (χ1v) is 8.08.